The Morgan fingerprint density at radius 2 is 2.07 bits per heavy atom. The molecule has 0 amide bonds. The van der Waals surface area contributed by atoms with Crippen molar-refractivity contribution in [3.05, 3.63) is 0 Å². The molecule has 1 saturated carbocycles. The molecule has 1 nitrogen and oxygen atoms in total. The van der Waals surface area contributed by atoms with Crippen molar-refractivity contribution >= 4 is 0 Å². The molecular formula is C13H21N. The first-order valence-corrected chi connectivity index (χ1v) is 5.91. The fourth-order valence-electron chi connectivity index (χ4n) is 2.39. The van der Waals surface area contributed by atoms with E-state index in [0.717, 1.165) is 12.0 Å². The summed E-state index contributed by atoms with van der Waals surface area (Å²) in [5.41, 5.74) is 0.748. The largest absolute Gasteiger partial charge is 0.292 e. The number of hydrogen-bond acceptors (Lipinski definition) is 1. The summed E-state index contributed by atoms with van der Waals surface area (Å²) in [6.45, 7) is 7.91. The monoisotopic (exact) mass is 191 g/mol. The van der Waals surface area contributed by atoms with Gasteiger partial charge >= 0.3 is 0 Å². The zero-order valence-corrected chi connectivity index (χ0v) is 9.47. The molecule has 1 heteroatoms. The Morgan fingerprint density at radius 1 is 1.29 bits per heavy atom. The number of rotatable bonds is 1. The van der Waals surface area contributed by atoms with Crippen LogP contribution in [0, 0.1) is 23.2 Å². The van der Waals surface area contributed by atoms with Crippen LogP contribution in [0.3, 0.4) is 0 Å². The molecule has 0 unspecified atom stereocenters. The van der Waals surface area contributed by atoms with Crippen molar-refractivity contribution < 1.29 is 0 Å². The molecule has 1 aliphatic carbocycles. The van der Waals surface area contributed by atoms with E-state index in [9.17, 15) is 0 Å². The van der Waals surface area contributed by atoms with E-state index in [1.807, 2.05) is 0 Å². The Kier molecular flexibility index (Phi) is 2.83. The molecule has 2 aliphatic rings. The lowest BCUT2D eigenvalue weighted by Gasteiger charge is -2.31. The predicted octanol–water partition coefficient (Wildman–Crippen LogP) is 2.52. The minimum Gasteiger partial charge on any atom is -0.292 e. The average Bonchev–Trinajstić information content (AvgIpc) is 2.84. The van der Waals surface area contributed by atoms with Gasteiger partial charge in [0.25, 0.3) is 0 Å². The van der Waals surface area contributed by atoms with Gasteiger partial charge in [0.1, 0.15) is 0 Å². The third-order valence-corrected chi connectivity index (χ3v) is 3.39. The molecule has 2 fully saturated rings. The first-order chi connectivity index (χ1) is 6.70. The fraction of sp³-hybridized carbons (Fsp3) is 0.846. The van der Waals surface area contributed by atoms with E-state index in [2.05, 4.69) is 30.6 Å². The van der Waals surface area contributed by atoms with Crippen molar-refractivity contribution in [2.45, 2.75) is 39.5 Å². The maximum atomic E-state index is 3.30. The van der Waals surface area contributed by atoms with Crippen LogP contribution in [0.4, 0.5) is 0 Å². The average molecular weight is 191 g/mol. The topological polar surface area (TPSA) is 3.24 Å². The zero-order valence-electron chi connectivity index (χ0n) is 9.47. The third-order valence-electron chi connectivity index (χ3n) is 3.39. The van der Waals surface area contributed by atoms with Crippen LogP contribution >= 0.6 is 0 Å². The van der Waals surface area contributed by atoms with Crippen molar-refractivity contribution in [1.82, 2.24) is 4.90 Å². The molecule has 78 valence electrons. The van der Waals surface area contributed by atoms with Gasteiger partial charge in [-0.05, 0) is 37.6 Å². The van der Waals surface area contributed by atoms with Gasteiger partial charge in [-0.3, -0.25) is 4.90 Å². The summed E-state index contributed by atoms with van der Waals surface area (Å²) < 4.78 is 0. The smallest absolute Gasteiger partial charge is 0.0601 e. The van der Waals surface area contributed by atoms with Crippen molar-refractivity contribution in [1.29, 1.82) is 0 Å². The highest BCUT2D eigenvalue weighted by atomic mass is 15.1. The lowest BCUT2D eigenvalue weighted by Crippen LogP contribution is -2.36. The molecule has 0 radical (unpaired) electrons. The van der Waals surface area contributed by atoms with Gasteiger partial charge in [-0.15, -0.1) is 0 Å². The number of piperidine rings is 1. The van der Waals surface area contributed by atoms with Crippen molar-refractivity contribution in [3.63, 3.8) is 0 Å². The fourth-order valence-corrected chi connectivity index (χ4v) is 2.39. The molecular weight excluding hydrogens is 170 g/mol. The van der Waals surface area contributed by atoms with E-state index in [0.29, 0.717) is 5.92 Å². The van der Waals surface area contributed by atoms with Crippen molar-refractivity contribution in [3.8, 4) is 11.8 Å². The summed E-state index contributed by atoms with van der Waals surface area (Å²) in [6, 6.07) is 0. The van der Waals surface area contributed by atoms with Crippen LogP contribution in [0.15, 0.2) is 0 Å². The summed E-state index contributed by atoms with van der Waals surface area (Å²) in [7, 11) is 0. The van der Waals surface area contributed by atoms with Crippen molar-refractivity contribution in [2.24, 2.45) is 11.3 Å². The molecule has 1 spiro atoms. The molecule has 0 bridgehead atoms. The highest BCUT2D eigenvalue weighted by molar-refractivity contribution is 5.05. The van der Waals surface area contributed by atoms with Gasteiger partial charge < -0.3 is 0 Å². The summed E-state index contributed by atoms with van der Waals surface area (Å²) in [5.74, 6) is 7.07. The Hall–Kier alpha value is -0.480. The second-order valence-corrected chi connectivity index (χ2v) is 5.29. The van der Waals surface area contributed by atoms with Gasteiger partial charge in [-0.2, -0.15) is 0 Å². The second-order valence-electron chi connectivity index (χ2n) is 5.29. The normalized spacial score (nSPS) is 24.8. The lowest BCUT2D eigenvalue weighted by molar-refractivity contribution is 0.179. The number of nitrogens with zero attached hydrogens (tertiary/aromatic N) is 1. The Morgan fingerprint density at radius 3 is 2.71 bits per heavy atom. The SMILES string of the molecule is CC(C)C#CCN1CCCC2(CC2)C1. The standard InChI is InChI=1S/C13H21N/c1-12(2)5-3-9-14-10-4-6-13(11-14)7-8-13/h12H,4,6-11H2,1-2H3. The van der Waals surface area contributed by atoms with Gasteiger partial charge in [0.15, 0.2) is 0 Å². The highest BCUT2D eigenvalue weighted by Crippen LogP contribution is 2.51. The van der Waals surface area contributed by atoms with E-state index in [1.54, 1.807) is 0 Å². The molecule has 0 atom stereocenters. The quantitative estimate of drug-likeness (QED) is 0.576. The Bertz CT molecular complexity index is 252. The molecule has 0 N–H and O–H groups in total. The van der Waals surface area contributed by atoms with Gasteiger partial charge in [0.2, 0.25) is 0 Å². The molecule has 1 aliphatic heterocycles. The van der Waals surface area contributed by atoms with E-state index >= 15 is 0 Å². The molecule has 2 rings (SSSR count). The van der Waals surface area contributed by atoms with Crippen LogP contribution in [0.25, 0.3) is 0 Å². The first-order valence-electron chi connectivity index (χ1n) is 5.91. The van der Waals surface area contributed by atoms with Crippen LogP contribution in [0.5, 0.6) is 0 Å². The van der Waals surface area contributed by atoms with E-state index in [1.165, 1.54) is 38.8 Å². The molecule has 0 aromatic carbocycles. The van der Waals surface area contributed by atoms with Crippen LogP contribution < -0.4 is 0 Å². The Labute approximate surface area is 87.9 Å². The van der Waals surface area contributed by atoms with Crippen LogP contribution in [0.2, 0.25) is 0 Å². The summed E-state index contributed by atoms with van der Waals surface area (Å²) >= 11 is 0. The summed E-state index contributed by atoms with van der Waals surface area (Å²) in [4.78, 5) is 2.55. The molecule has 14 heavy (non-hydrogen) atoms. The minimum atomic E-state index is 0.523. The van der Waals surface area contributed by atoms with E-state index in [-0.39, 0.29) is 0 Å². The van der Waals surface area contributed by atoms with Crippen LogP contribution in [0.1, 0.15) is 39.5 Å². The third kappa shape index (κ3) is 2.51. The summed E-state index contributed by atoms with van der Waals surface area (Å²) in [6.07, 6.45) is 5.81. The van der Waals surface area contributed by atoms with Gasteiger partial charge in [0.05, 0.1) is 6.54 Å². The molecule has 0 aromatic heterocycles. The molecule has 0 aromatic rings. The minimum absolute atomic E-state index is 0.523. The first kappa shape index (κ1) is 10.1. The lowest BCUT2D eigenvalue weighted by atomic mass is 9.95. The number of likely N-dealkylation sites (tertiary alicyclic amines) is 1. The zero-order chi connectivity index (χ0) is 10.0. The van der Waals surface area contributed by atoms with Gasteiger partial charge in [-0.1, -0.05) is 25.7 Å². The van der Waals surface area contributed by atoms with Gasteiger partial charge in [0, 0.05) is 12.5 Å². The van der Waals surface area contributed by atoms with Crippen molar-refractivity contribution in [2.75, 3.05) is 19.6 Å². The van der Waals surface area contributed by atoms with Crippen LogP contribution in [-0.2, 0) is 0 Å². The Balaban J connectivity index is 1.79. The van der Waals surface area contributed by atoms with Crippen LogP contribution in [-0.4, -0.2) is 24.5 Å². The van der Waals surface area contributed by atoms with Gasteiger partial charge in [-0.25, -0.2) is 0 Å². The number of hydrogen-bond donors (Lipinski definition) is 0. The maximum Gasteiger partial charge on any atom is 0.0601 e. The second kappa shape index (κ2) is 3.95. The maximum absolute atomic E-state index is 3.30. The highest BCUT2D eigenvalue weighted by Gasteiger charge is 2.44. The van der Waals surface area contributed by atoms with E-state index < -0.39 is 0 Å². The molecule has 1 saturated heterocycles. The predicted molar refractivity (Wildman–Crippen MR) is 60.0 cm³/mol. The molecule has 1 heterocycles. The van der Waals surface area contributed by atoms with E-state index in [4.69, 9.17) is 0 Å². The summed E-state index contributed by atoms with van der Waals surface area (Å²) in [5, 5.41) is 0.